The molecule has 2 unspecified atom stereocenters. The van der Waals surface area contributed by atoms with Crippen LogP contribution in [0.2, 0.25) is 0 Å². The molecule has 0 spiro atoms. The highest BCUT2D eigenvalue weighted by atomic mass is 32.2. The summed E-state index contributed by atoms with van der Waals surface area (Å²) in [5.74, 6) is 6.65. The maximum atomic E-state index is 3.40. The fraction of sp³-hybridized carbons (Fsp3) is 0.286. The van der Waals surface area contributed by atoms with Gasteiger partial charge in [-0.15, -0.1) is 11.8 Å². The second kappa shape index (κ2) is 13.4. The Balaban J connectivity index is 1.18. The Morgan fingerprint density at radius 3 is 2.26 bits per heavy atom. The van der Waals surface area contributed by atoms with Crippen LogP contribution in [0.15, 0.2) is 141 Å². The van der Waals surface area contributed by atoms with Crippen molar-refractivity contribution in [3.63, 3.8) is 0 Å². The number of hydrogen-bond acceptors (Lipinski definition) is 4. The van der Waals surface area contributed by atoms with Crippen LogP contribution in [0.25, 0.3) is 11.8 Å². The molecule has 0 amide bonds. The largest absolute Gasteiger partial charge is 0.334 e. The number of nitrogens with zero attached hydrogens (tertiary/aromatic N) is 3. The Labute approximate surface area is 376 Å². The predicted octanol–water partition coefficient (Wildman–Crippen LogP) is 12.7. The molecule has 7 aliphatic rings. The molecule has 0 saturated carbocycles. The molecule has 5 aromatic rings. The smallest absolute Gasteiger partial charge is 0.268 e. The predicted molar refractivity (Wildman–Crippen MR) is 268 cm³/mol. The van der Waals surface area contributed by atoms with E-state index in [2.05, 4.69) is 203 Å². The summed E-state index contributed by atoms with van der Waals surface area (Å²) in [5.41, 5.74) is 20.2. The first kappa shape index (κ1) is 38.5. The van der Waals surface area contributed by atoms with Gasteiger partial charge < -0.3 is 14.4 Å². The van der Waals surface area contributed by atoms with Crippen molar-refractivity contribution in [1.82, 2.24) is 4.57 Å². The first-order valence-electron chi connectivity index (χ1n) is 22.4. The SMILES string of the molecule is CC(C)(C)c1ccc(N2C3=C4B5c6cc(ccc62)C(C)(C)c2cccc(c2)-n2c6c(c(c25)N(c2ccc(C(C)(C)C)cc2)C4CC=C3)CC2SC3=C(CC#CC=C3)SC2=C6)cc1. The number of benzene rings is 4. The average Bonchev–Trinajstić information content (AvgIpc) is 3.39. The number of allylic oxidation sites excluding steroid dienone is 4. The molecule has 4 aromatic carbocycles. The number of anilines is 4. The fourth-order valence-electron chi connectivity index (χ4n) is 11.1. The van der Waals surface area contributed by atoms with Gasteiger partial charge in [0.2, 0.25) is 0 Å². The van der Waals surface area contributed by atoms with Crippen molar-refractivity contribution in [1.29, 1.82) is 0 Å². The lowest BCUT2D eigenvalue weighted by Crippen LogP contribution is -2.62. The Kier molecular flexibility index (Phi) is 8.31. The molecule has 0 fully saturated rings. The van der Waals surface area contributed by atoms with Crippen molar-refractivity contribution in [2.24, 2.45) is 0 Å². The van der Waals surface area contributed by atoms with Crippen molar-refractivity contribution in [2.45, 2.75) is 102 Å². The Hall–Kier alpha value is -5.22. The van der Waals surface area contributed by atoms with Crippen LogP contribution in [0.3, 0.4) is 0 Å². The quantitative estimate of drug-likeness (QED) is 0.129. The van der Waals surface area contributed by atoms with E-state index < -0.39 is 0 Å². The molecule has 0 N–H and O–H groups in total. The van der Waals surface area contributed by atoms with Gasteiger partial charge in [0.05, 0.1) is 17.4 Å². The first-order valence-corrected chi connectivity index (χ1v) is 24.1. The topological polar surface area (TPSA) is 11.4 Å². The van der Waals surface area contributed by atoms with E-state index in [9.17, 15) is 0 Å². The standard InChI is InChI=1S/C56H52BN3S2/c1-54(2,3)34-20-25-38(26-21-34)58-43-29-24-37-31-42(43)57-51-44(58)16-13-17-45(51)59(39-27-22-35(23-28-39)55(4,5)6)52-41-32-49-50(62-48-19-11-9-10-18-47(48)61-49)33-46(41)60(53(52)57)40-15-12-14-36(30-40)56(37,7)8/h10,12-16,18,20-31,33,45,49H,17,19,32H2,1-8H3. The van der Waals surface area contributed by atoms with Gasteiger partial charge in [-0.3, -0.25) is 0 Å². The second-order valence-corrected chi connectivity index (χ2v) is 23.1. The summed E-state index contributed by atoms with van der Waals surface area (Å²) >= 11 is 4.02. The third-order valence-electron chi connectivity index (χ3n) is 14.6. The highest BCUT2D eigenvalue weighted by Crippen LogP contribution is 2.55. The molecule has 62 heavy (non-hydrogen) atoms. The molecule has 6 heteroatoms. The molecule has 1 aromatic heterocycles. The van der Waals surface area contributed by atoms with Gasteiger partial charge >= 0.3 is 0 Å². The molecular weight excluding hydrogens is 790 g/mol. The number of rotatable bonds is 2. The van der Waals surface area contributed by atoms with E-state index in [1.165, 1.54) is 98.9 Å². The van der Waals surface area contributed by atoms with Crippen molar-refractivity contribution in [3.8, 4) is 17.5 Å². The maximum Gasteiger partial charge on any atom is 0.268 e. The van der Waals surface area contributed by atoms with Crippen molar-refractivity contribution < 1.29 is 0 Å². The molecule has 4 aliphatic heterocycles. The van der Waals surface area contributed by atoms with E-state index in [0.29, 0.717) is 5.25 Å². The minimum atomic E-state index is -0.204. The second-order valence-electron chi connectivity index (χ2n) is 20.7. The van der Waals surface area contributed by atoms with E-state index in [1.54, 1.807) is 0 Å². The Morgan fingerprint density at radius 2 is 1.52 bits per heavy atom. The van der Waals surface area contributed by atoms with Crippen LogP contribution in [0.5, 0.6) is 0 Å². The van der Waals surface area contributed by atoms with Gasteiger partial charge in [-0.05, 0) is 124 Å². The average molecular weight is 842 g/mol. The summed E-state index contributed by atoms with van der Waals surface area (Å²) in [6.07, 6.45) is 14.5. The van der Waals surface area contributed by atoms with Crippen LogP contribution in [-0.4, -0.2) is 22.6 Å². The minimum Gasteiger partial charge on any atom is -0.334 e. The lowest BCUT2D eigenvalue weighted by Gasteiger charge is -2.50. The van der Waals surface area contributed by atoms with Gasteiger partial charge in [-0.25, -0.2) is 0 Å². The summed E-state index contributed by atoms with van der Waals surface area (Å²) in [6, 6.07) is 36.1. The highest BCUT2D eigenvalue weighted by molar-refractivity contribution is 8.13. The molecule has 12 rings (SSSR count). The van der Waals surface area contributed by atoms with Crippen molar-refractivity contribution in [3.05, 3.63) is 175 Å². The summed E-state index contributed by atoms with van der Waals surface area (Å²) in [7, 11) is 0. The van der Waals surface area contributed by atoms with E-state index in [4.69, 9.17) is 0 Å². The first-order chi connectivity index (χ1) is 29.8. The van der Waals surface area contributed by atoms with Crippen LogP contribution in [0.4, 0.5) is 22.7 Å². The Morgan fingerprint density at radius 1 is 0.790 bits per heavy atom. The van der Waals surface area contributed by atoms with E-state index in [-0.39, 0.29) is 29.0 Å². The lowest BCUT2D eigenvalue weighted by atomic mass is 9.32. The van der Waals surface area contributed by atoms with Gasteiger partial charge in [0.1, 0.15) is 0 Å². The normalized spacial score (nSPS) is 21.1. The third-order valence-corrected chi connectivity index (χ3v) is 17.4. The van der Waals surface area contributed by atoms with E-state index in [0.717, 1.165) is 19.3 Å². The van der Waals surface area contributed by atoms with Gasteiger partial charge in [-0.2, -0.15) is 0 Å². The number of thioether (sulfide) groups is 2. The zero-order chi connectivity index (χ0) is 42.4. The van der Waals surface area contributed by atoms with E-state index in [1.807, 2.05) is 23.5 Å². The number of hydrogen-bond donors (Lipinski definition) is 0. The van der Waals surface area contributed by atoms with E-state index >= 15 is 0 Å². The van der Waals surface area contributed by atoms with Crippen molar-refractivity contribution in [2.75, 3.05) is 9.80 Å². The van der Waals surface area contributed by atoms with Crippen LogP contribution >= 0.6 is 23.5 Å². The molecule has 2 atom stereocenters. The fourth-order valence-corrected chi connectivity index (χ4v) is 13.8. The third kappa shape index (κ3) is 5.63. The summed E-state index contributed by atoms with van der Waals surface area (Å²) < 4.78 is 2.71. The van der Waals surface area contributed by atoms with Crippen LogP contribution in [0.1, 0.15) is 102 Å². The molecule has 3 aliphatic carbocycles. The minimum absolute atomic E-state index is 0.0604. The zero-order valence-electron chi connectivity index (χ0n) is 37.1. The molecule has 3 nitrogen and oxygen atoms in total. The maximum absolute atomic E-state index is 3.40. The molecule has 5 heterocycles. The zero-order valence-corrected chi connectivity index (χ0v) is 38.7. The number of aromatic nitrogens is 1. The molecule has 306 valence electrons. The summed E-state index contributed by atoms with van der Waals surface area (Å²) in [6.45, 7) is 18.8. The highest BCUT2D eigenvalue weighted by Gasteiger charge is 2.52. The van der Waals surface area contributed by atoms with Gasteiger partial charge in [0, 0.05) is 71.4 Å². The van der Waals surface area contributed by atoms with Gasteiger partial charge in [-0.1, -0.05) is 134 Å². The van der Waals surface area contributed by atoms with Gasteiger partial charge in [0.15, 0.2) is 0 Å². The van der Waals surface area contributed by atoms with Crippen LogP contribution < -0.4 is 20.9 Å². The Bertz CT molecular complexity index is 3000. The van der Waals surface area contributed by atoms with Crippen LogP contribution in [0, 0.1) is 11.8 Å². The monoisotopic (exact) mass is 841 g/mol. The summed E-state index contributed by atoms with van der Waals surface area (Å²) in [5, 5.41) is 0.343. The summed E-state index contributed by atoms with van der Waals surface area (Å²) in [4.78, 5) is 9.59. The van der Waals surface area contributed by atoms with Crippen LogP contribution in [-0.2, 0) is 22.7 Å². The van der Waals surface area contributed by atoms with Crippen molar-refractivity contribution >= 4 is 70.1 Å². The van der Waals surface area contributed by atoms with Gasteiger partial charge in [0.25, 0.3) is 6.71 Å². The molecule has 0 radical (unpaired) electrons. The lowest BCUT2D eigenvalue weighted by molar-refractivity contribution is 0.590. The molecular formula is C56H52BN3S2. The molecule has 0 saturated heterocycles. The number of fused-ring (bicyclic) bond motifs is 8. The molecule has 4 bridgehead atoms.